The molecule has 3 atom stereocenters. The van der Waals surface area contributed by atoms with Gasteiger partial charge in [-0.1, -0.05) is 64.2 Å². The van der Waals surface area contributed by atoms with Gasteiger partial charge >= 0.3 is 5.97 Å². The average molecular weight is 392 g/mol. The van der Waals surface area contributed by atoms with Gasteiger partial charge in [-0.2, -0.15) is 0 Å². The van der Waals surface area contributed by atoms with Crippen molar-refractivity contribution >= 4 is 5.97 Å². The van der Waals surface area contributed by atoms with Crippen LogP contribution in [0.1, 0.15) is 109 Å². The maximum Gasteiger partial charge on any atom is 0.306 e. The van der Waals surface area contributed by atoms with Gasteiger partial charge in [0.05, 0.1) is 5.92 Å². The molecule has 3 heteroatoms. The molecule has 1 N–H and O–H groups in total. The van der Waals surface area contributed by atoms with Gasteiger partial charge in [0.25, 0.3) is 0 Å². The van der Waals surface area contributed by atoms with Crippen LogP contribution in [0.15, 0.2) is 0 Å². The molecule has 162 valence electrons. The number of fused-ring (bicyclic) bond motifs is 2. The first-order valence-electron chi connectivity index (χ1n) is 12.6. The van der Waals surface area contributed by atoms with Crippen LogP contribution in [0.3, 0.4) is 0 Å². The maximum atomic E-state index is 11.4. The second-order valence-electron chi connectivity index (χ2n) is 10.4. The zero-order chi connectivity index (χ0) is 19.8. The Bertz CT molecular complexity index is 457. The van der Waals surface area contributed by atoms with Crippen molar-refractivity contribution in [3.8, 4) is 0 Å². The van der Waals surface area contributed by atoms with E-state index in [-0.39, 0.29) is 5.92 Å². The van der Waals surface area contributed by atoms with Gasteiger partial charge in [-0.25, -0.2) is 0 Å². The minimum Gasteiger partial charge on any atom is -0.481 e. The van der Waals surface area contributed by atoms with E-state index >= 15 is 0 Å². The molecule has 1 heterocycles. The van der Waals surface area contributed by atoms with Crippen molar-refractivity contribution in [2.45, 2.75) is 115 Å². The smallest absolute Gasteiger partial charge is 0.306 e. The molecule has 0 aromatic rings. The molecule has 28 heavy (non-hydrogen) atoms. The van der Waals surface area contributed by atoms with Gasteiger partial charge in [-0.15, -0.1) is 0 Å². The number of hydrogen-bond donors (Lipinski definition) is 1. The fraction of sp³-hybridized carbons (Fsp3) is 0.960. The third-order valence-corrected chi connectivity index (χ3v) is 8.22. The summed E-state index contributed by atoms with van der Waals surface area (Å²) in [4.78, 5) is 14.1. The van der Waals surface area contributed by atoms with E-state index in [4.69, 9.17) is 0 Å². The molecular formula is C25H45NO2. The summed E-state index contributed by atoms with van der Waals surface area (Å²) in [6.45, 7) is 1.28. The van der Waals surface area contributed by atoms with Gasteiger partial charge in [0, 0.05) is 12.6 Å². The standard InChI is InChI=1S/C25H45NO2/c1-26-19-20-12-10-8-6-4-2-3-5-7-9-11-13-23(18-20)24(26)21-14-16-22(17-15-21)25(27)28/h20-24H,2-19H2,1H3,(H,27,28). The number of carboxylic acids is 1. The van der Waals surface area contributed by atoms with Crippen molar-refractivity contribution in [1.82, 2.24) is 4.90 Å². The Hall–Kier alpha value is -0.570. The number of hydrogen-bond acceptors (Lipinski definition) is 2. The molecule has 0 aromatic heterocycles. The molecule has 3 nitrogen and oxygen atoms in total. The Morgan fingerprint density at radius 3 is 1.82 bits per heavy atom. The van der Waals surface area contributed by atoms with E-state index in [1.165, 1.54) is 90.0 Å². The summed E-state index contributed by atoms with van der Waals surface area (Å²) in [5.74, 6) is 1.83. The monoisotopic (exact) mass is 391 g/mol. The van der Waals surface area contributed by atoms with E-state index in [2.05, 4.69) is 11.9 Å². The second kappa shape index (κ2) is 11.6. The van der Waals surface area contributed by atoms with E-state index in [1.807, 2.05) is 0 Å². The number of nitrogens with zero attached hydrogens (tertiary/aromatic N) is 1. The number of rotatable bonds is 2. The van der Waals surface area contributed by atoms with E-state index in [9.17, 15) is 9.90 Å². The molecule has 3 aliphatic rings. The molecule has 0 aromatic carbocycles. The minimum absolute atomic E-state index is 0.0779. The molecule has 1 aliphatic heterocycles. The summed E-state index contributed by atoms with van der Waals surface area (Å²) < 4.78 is 0. The summed E-state index contributed by atoms with van der Waals surface area (Å²) in [6.07, 6.45) is 22.7. The van der Waals surface area contributed by atoms with Crippen molar-refractivity contribution in [3.05, 3.63) is 0 Å². The van der Waals surface area contributed by atoms with E-state index < -0.39 is 5.97 Å². The van der Waals surface area contributed by atoms with E-state index in [1.54, 1.807) is 0 Å². The predicted molar refractivity (Wildman–Crippen MR) is 117 cm³/mol. The molecule has 0 amide bonds. The highest BCUT2D eigenvalue weighted by Crippen LogP contribution is 2.42. The molecule has 3 unspecified atom stereocenters. The van der Waals surface area contributed by atoms with Crippen LogP contribution in [0.2, 0.25) is 0 Å². The lowest BCUT2D eigenvalue weighted by Crippen LogP contribution is -2.51. The van der Waals surface area contributed by atoms with Gasteiger partial charge in [0.2, 0.25) is 0 Å². The number of piperidine rings is 1. The van der Waals surface area contributed by atoms with Crippen molar-refractivity contribution < 1.29 is 9.90 Å². The summed E-state index contributed by atoms with van der Waals surface area (Å²) >= 11 is 0. The molecule has 2 saturated carbocycles. The van der Waals surface area contributed by atoms with Crippen LogP contribution in [-0.4, -0.2) is 35.6 Å². The molecule has 3 fully saturated rings. The van der Waals surface area contributed by atoms with E-state index in [0.717, 1.165) is 43.4 Å². The third kappa shape index (κ3) is 6.47. The second-order valence-corrected chi connectivity index (χ2v) is 10.4. The number of carbonyl (C=O) groups is 1. The summed E-state index contributed by atoms with van der Waals surface area (Å²) in [5, 5.41) is 9.36. The lowest BCUT2D eigenvalue weighted by Gasteiger charge is -2.48. The van der Waals surface area contributed by atoms with Gasteiger partial charge in [0.15, 0.2) is 0 Å². The van der Waals surface area contributed by atoms with Crippen molar-refractivity contribution in [3.63, 3.8) is 0 Å². The number of aliphatic carboxylic acids is 1. The Labute approximate surface area is 173 Å². The topological polar surface area (TPSA) is 40.5 Å². The van der Waals surface area contributed by atoms with Crippen LogP contribution in [0.5, 0.6) is 0 Å². The van der Waals surface area contributed by atoms with Crippen LogP contribution in [0.4, 0.5) is 0 Å². The lowest BCUT2D eigenvalue weighted by atomic mass is 9.69. The number of carboxylic acid groups (broad SMARTS) is 1. The Kier molecular flexibility index (Phi) is 9.14. The Morgan fingerprint density at radius 2 is 1.25 bits per heavy atom. The first-order chi connectivity index (χ1) is 13.6. The fourth-order valence-corrected chi connectivity index (χ4v) is 6.73. The zero-order valence-corrected chi connectivity index (χ0v) is 18.4. The molecule has 0 spiro atoms. The molecule has 1 saturated heterocycles. The molecule has 0 radical (unpaired) electrons. The van der Waals surface area contributed by atoms with Crippen LogP contribution >= 0.6 is 0 Å². The maximum absolute atomic E-state index is 11.4. The first-order valence-corrected chi connectivity index (χ1v) is 12.6. The van der Waals surface area contributed by atoms with Crippen LogP contribution in [0, 0.1) is 23.7 Å². The van der Waals surface area contributed by atoms with E-state index in [0.29, 0.717) is 6.04 Å². The van der Waals surface area contributed by atoms with Crippen molar-refractivity contribution in [2.75, 3.05) is 13.6 Å². The highest BCUT2D eigenvalue weighted by atomic mass is 16.4. The fourth-order valence-electron chi connectivity index (χ4n) is 6.73. The Morgan fingerprint density at radius 1 is 0.714 bits per heavy atom. The number of likely N-dealkylation sites (tertiary alicyclic amines) is 1. The largest absolute Gasteiger partial charge is 0.481 e. The van der Waals surface area contributed by atoms with Crippen LogP contribution in [0.25, 0.3) is 0 Å². The minimum atomic E-state index is -0.565. The molecule has 2 bridgehead atoms. The lowest BCUT2D eigenvalue weighted by molar-refractivity contribution is -0.143. The Balaban J connectivity index is 1.60. The normalized spacial score (nSPS) is 37.5. The highest BCUT2D eigenvalue weighted by molar-refractivity contribution is 5.70. The SMILES string of the molecule is CN1CC2CCCCCCCCCCCCC(C2)C1C1CCC(C(=O)O)CC1. The highest BCUT2D eigenvalue weighted by Gasteiger charge is 2.40. The van der Waals surface area contributed by atoms with Crippen molar-refractivity contribution in [2.24, 2.45) is 23.7 Å². The van der Waals surface area contributed by atoms with Crippen LogP contribution in [-0.2, 0) is 4.79 Å². The predicted octanol–water partition coefficient (Wildman–Crippen LogP) is 6.51. The third-order valence-electron chi connectivity index (χ3n) is 8.22. The zero-order valence-electron chi connectivity index (χ0n) is 18.4. The van der Waals surface area contributed by atoms with Gasteiger partial charge in [-0.05, 0) is 69.7 Å². The van der Waals surface area contributed by atoms with Gasteiger partial charge in [0.1, 0.15) is 0 Å². The first kappa shape index (κ1) is 22.1. The summed E-state index contributed by atoms with van der Waals surface area (Å²) in [6, 6.07) is 0.710. The molecule has 3 rings (SSSR count). The quantitative estimate of drug-likeness (QED) is 0.583. The van der Waals surface area contributed by atoms with Gasteiger partial charge < -0.3 is 10.0 Å². The summed E-state index contributed by atoms with van der Waals surface area (Å²) in [7, 11) is 2.38. The summed E-state index contributed by atoms with van der Waals surface area (Å²) in [5.41, 5.74) is 0. The average Bonchev–Trinajstić information content (AvgIpc) is 2.69. The molecule has 2 aliphatic carbocycles. The van der Waals surface area contributed by atoms with Crippen LogP contribution < -0.4 is 0 Å². The van der Waals surface area contributed by atoms with Crippen molar-refractivity contribution in [1.29, 1.82) is 0 Å². The van der Waals surface area contributed by atoms with Gasteiger partial charge in [-0.3, -0.25) is 4.79 Å². The molecular weight excluding hydrogens is 346 g/mol.